The van der Waals surface area contributed by atoms with Crippen LogP contribution in [0.3, 0.4) is 0 Å². The predicted octanol–water partition coefficient (Wildman–Crippen LogP) is 8.41. The zero-order chi connectivity index (χ0) is 20.0. The van der Waals surface area contributed by atoms with Gasteiger partial charge in [-0.3, -0.25) is 0 Å². The molecule has 28 heavy (non-hydrogen) atoms. The van der Waals surface area contributed by atoms with Crippen molar-refractivity contribution in [3.8, 4) is 11.5 Å². The van der Waals surface area contributed by atoms with Gasteiger partial charge >= 0.3 is 0 Å². The van der Waals surface area contributed by atoms with Crippen LogP contribution >= 0.6 is 23.2 Å². The third-order valence-electron chi connectivity index (χ3n) is 4.94. The number of unbranched alkanes of at least 4 members (excludes halogenated alkanes) is 8. The predicted molar refractivity (Wildman–Crippen MR) is 123 cm³/mol. The van der Waals surface area contributed by atoms with Crippen LogP contribution in [-0.4, -0.2) is 19.1 Å². The van der Waals surface area contributed by atoms with Gasteiger partial charge in [0.05, 0.1) is 18.2 Å². The molecule has 0 N–H and O–H groups in total. The zero-order valence-corrected chi connectivity index (χ0v) is 18.7. The lowest BCUT2D eigenvalue weighted by Gasteiger charge is -2.15. The van der Waals surface area contributed by atoms with Crippen LogP contribution in [-0.2, 0) is 0 Å². The maximum absolute atomic E-state index is 6.54. The third-order valence-corrected chi connectivity index (χ3v) is 5.49. The summed E-state index contributed by atoms with van der Waals surface area (Å²) < 4.78 is 12.1. The first-order valence-electron chi connectivity index (χ1n) is 10.8. The third kappa shape index (κ3) is 7.72. The molecule has 0 amide bonds. The highest BCUT2D eigenvalue weighted by molar-refractivity contribution is 6.33. The van der Waals surface area contributed by atoms with Crippen LogP contribution in [0.25, 0.3) is 10.8 Å². The summed E-state index contributed by atoms with van der Waals surface area (Å²) in [5, 5.41) is 2.73. The molecule has 0 aromatic heterocycles. The average Bonchev–Trinajstić information content (AvgIpc) is 2.71. The van der Waals surface area contributed by atoms with E-state index >= 15 is 0 Å². The molecule has 0 aliphatic carbocycles. The Bertz CT molecular complexity index is 688. The van der Waals surface area contributed by atoms with Gasteiger partial charge in [-0.05, 0) is 19.3 Å². The number of hydrogen-bond acceptors (Lipinski definition) is 2. The second-order valence-electron chi connectivity index (χ2n) is 7.30. The maximum atomic E-state index is 6.54. The van der Waals surface area contributed by atoms with E-state index < -0.39 is 0 Å². The Hall–Kier alpha value is -1.12. The highest BCUT2D eigenvalue weighted by atomic mass is 35.5. The summed E-state index contributed by atoms with van der Waals surface area (Å²) in [5.74, 6) is 2.40. The molecule has 0 radical (unpaired) electrons. The highest BCUT2D eigenvalue weighted by Gasteiger charge is 2.13. The SMILES string of the molecule is CCCCCCOc1c(Cl)cc(OCCCCCCCCCl)c2ccccc12. The molecule has 0 bridgehead atoms. The molecular weight excluding hydrogens is 391 g/mol. The summed E-state index contributed by atoms with van der Waals surface area (Å²) in [4.78, 5) is 0. The molecule has 0 aliphatic heterocycles. The molecule has 2 rings (SSSR count). The lowest BCUT2D eigenvalue weighted by atomic mass is 10.1. The van der Waals surface area contributed by atoms with Gasteiger partial charge in [-0.2, -0.15) is 0 Å². The average molecular weight is 425 g/mol. The van der Waals surface area contributed by atoms with E-state index in [0.29, 0.717) is 18.2 Å². The van der Waals surface area contributed by atoms with Crippen molar-refractivity contribution in [3.63, 3.8) is 0 Å². The summed E-state index contributed by atoms with van der Waals surface area (Å²) >= 11 is 12.3. The van der Waals surface area contributed by atoms with Crippen LogP contribution < -0.4 is 9.47 Å². The normalized spacial score (nSPS) is 11.1. The Labute approximate surface area is 180 Å². The molecule has 2 nitrogen and oxygen atoms in total. The summed E-state index contributed by atoms with van der Waals surface area (Å²) in [7, 11) is 0. The molecular formula is C24H34Cl2O2. The van der Waals surface area contributed by atoms with Crippen molar-refractivity contribution in [2.45, 2.75) is 71.1 Å². The van der Waals surface area contributed by atoms with Gasteiger partial charge in [0.15, 0.2) is 0 Å². The summed E-state index contributed by atoms with van der Waals surface area (Å²) in [6.07, 6.45) is 11.8. The van der Waals surface area contributed by atoms with Crippen molar-refractivity contribution in [1.29, 1.82) is 0 Å². The fraction of sp³-hybridized carbons (Fsp3) is 0.583. The minimum absolute atomic E-state index is 0.630. The van der Waals surface area contributed by atoms with Gasteiger partial charge in [0.25, 0.3) is 0 Å². The molecule has 156 valence electrons. The Morgan fingerprint density at radius 1 is 0.750 bits per heavy atom. The van der Waals surface area contributed by atoms with E-state index in [1.807, 2.05) is 18.2 Å². The molecule has 0 atom stereocenters. The standard InChI is InChI=1S/C24H34Cl2O2/c1-2-3-4-12-18-28-24-21-15-10-9-14-20(21)23(19-22(24)26)27-17-13-8-6-5-7-11-16-25/h9-10,14-15,19H,2-8,11-13,16-18H2,1H3. The molecule has 2 aromatic rings. The van der Waals surface area contributed by atoms with E-state index in [0.717, 1.165) is 47.4 Å². The topological polar surface area (TPSA) is 18.5 Å². The number of rotatable bonds is 15. The van der Waals surface area contributed by atoms with Crippen molar-refractivity contribution >= 4 is 34.0 Å². The molecule has 0 saturated heterocycles. The minimum Gasteiger partial charge on any atom is -0.493 e. The molecule has 0 unspecified atom stereocenters. The fourth-order valence-corrected chi connectivity index (χ4v) is 3.78. The quantitative estimate of drug-likeness (QED) is 0.211. The van der Waals surface area contributed by atoms with E-state index in [1.54, 1.807) is 0 Å². The summed E-state index contributed by atoms with van der Waals surface area (Å²) in [6, 6.07) is 10.1. The Morgan fingerprint density at radius 2 is 1.36 bits per heavy atom. The Balaban J connectivity index is 1.91. The number of hydrogen-bond donors (Lipinski definition) is 0. The summed E-state index contributed by atoms with van der Waals surface area (Å²) in [5.41, 5.74) is 0. The first kappa shape index (κ1) is 23.2. The van der Waals surface area contributed by atoms with Crippen LogP contribution in [0, 0.1) is 0 Å². The molecule has 0 fully saturated rings. The monoisotopic (exact) mass is 424 g/mol. The van der Waals surface area contributed by atoms with Gasteiger partial charge in [-0.15, -0.1) is 11.6 Å². The lowest BCUT2D eigenvalue weighted by Crippen LogP contribution is -2.01. The van der Waals surface area contributed by atoms with Crippen LogP contribution in [0.1, 0.15) is 71.1 Å². The van der Waals surface area contributed by atoms with Gasteiger partial charge in [0.1, 0.15) is 11.5 Å². The molecule has 0 aliphatic rings. The van der Waals surface area contributed by atoms with Crippen LogP contribution in [0.4, 0.5) is 0 Å². The second-order valence-corrected chi connectivity index (χ2v) is 8.08. The number of benzene rings is 2. The van der Waals surface area contributed by atoms with Gasteiger partial charge < -0.3 is 9.47 Å². The number of alkyl halides is 1. The maximum Gasteiger partial charge on any atom is 0.145 e. The molecule has 0 heterocycles. The first-order chi connectivity index (χ1) is 13.8. The minimum atomic E-state index is 0.630. The summed E-state index contributed by atoms with van der Waals surface area (Å²) in [6.45, 7) is 3.63. The van der Waals surface area contributed by atoms with Crippen LogP contribution in [0.5, 0.6) is 11.5 Å². The van der Waals surface area contributed by atoms with E-state index in [4.69, 9.17) is 32.7 Å². The van der Waals surface area contributed by atoms with Crippen LogP contribution in [0.15, 0.2) is 30.3 Å². The van der Waals surface area contributed by atoms with Crippen molar-refractivity contribution in [3.05, 3.63) is 35.4 Å². The van der Waals surface area contributed by atoms with Crippen molar-refractivity contribution in [2.24, 2.45) is 0 Å². The van der Waals surface area contributed by atoms with Gasteiger partial charge in [0.2, 0.25) is 0 Å². The van der Waals surface area contributed by atoms with E-state index in [-0.39, 0.29) is 0 Å². The Kier molecular flexibility index (Phi) is 11.5. The lowest BCUT2D eigenvalue weighted by molar-refractivity contribution is 0.302. The second kappa shape index (κ2) is 14.0. The fourth-order valence-electron chi connectivity index (χ4n) is 3.34. The molecule has 0 saturated carbocycles. The number of ether oxygens (including phenoxy) is 2. The van der Waals surface area contributed by atoms with E-state index in [9.17, 15) is 0 Å². The van der Waals surface area contributed by atoms with Gasteiger partial charge in [-0.25, -0.2) is 0 Å². The van der Waals surface area contributed by atoms with Gasteiger partial charge in [-0.1, -0.05) is 87.7 Å². The first-order valence-corrected chi connectivity index (χ1v) is 11.7. The van der Waals surface area contributed by atoms with Gasteiger partial charge in [0, 0.05) is 22.7 Å². The Morgan fingerprint density at radius 3 is 2.07 bits per heavy atom. The van der Waals surface area contributed by atoms with E-state index in [1.165, 1.54) is 44.9 Å². The molecule has 0 spiro atoms. The highest BCUT2D eigenvalue weighted by Crippen LogP contribution is 2.39. The van der Waals surface area contributed by atoms with Crippen molar-refractivity contribution in [2.75, 3.05) is 19.1 Å². The van der Waals surface area contributed by atoms with Crippen molar-refractivity contribution in [1.82, 2.24) is 0 Å². The number of halogens is 2. The largest absolute Gasteiger partial charge is 0.493 e. The number of fused-ring (bicyclic) bond motifs is 1. The smallest absolute Gasteiger partial charge is 0.145 e. The zero-order valence-electron chi connectivity index (χ0n) is 17.2. The van der Waals surface area contributed by atoms with Crippen molar-refractivity contribution < 1.29 is 9.47 Å². The van der Waals surface area contributed by atoms with Crippen LogP contribution in [0.2, 0.25) is 5.02 Å². The molecule has 2 aromatic carbocycles. The molecule has 4 heteroatoms. The van der Waals surface area contributed by atoms with E-state index in [2.05, 4.69) is 19.1 Å².